The van der Waals surface area contributed by atoms with Gasteiger partial charge in [-0.1, -0.05) is 17.7 Å². The highest BCUT2D eigenvalue weighted by Crippen LogP contribution is 2.32. The van der Waals surface area contributed by atoms with Crippen molar-refractivity contribution < 1.29 is 4.74 Å². The summed E-state index contributed by atoms with van der Waals surface area (Å²) in [6, 6.07) is 6.31. The Labute approximate surface area is 124 Å². The zero-order valence-electron chi connectivity index (χ0n) is 11.0. The third-order valence-electron chi connectivity index (χ3n) is 3.90. The van der Waals surface area contributed by atoms with Gasteiger partial charge in [-0.2, -0.15) is 11.8 Å². The Morgan fingerprint density at radius 3 is 2.95 bits per heavy atom. The quantitative estimate of drug-likeness (QED) is 0.919. The van der Waals surface area contributed by atoms with Crippen LogP contribution in [-0.4, -0.2) is 30.7 Å². The lowest BCUT2D eigenvalue weighted by Gasteiger charge is -2.23. The molecule has 0 aliphatic carbocycles. The van der Waals surface area contributed by atoms with Crippen molar-refractivity contribution in [3.05, 3.63) is 28.8 Å². The second kappa shape index (κ2) is 6.38. The van der Waals surface area contributed by atoms with Gasteiger partial charge < -0.3 is 10.1 Å². The van der Waals surface area contributed by atoms with E-state index < -0.39 is 0 Å². The molecule has 19 heavy (non-hydrogen) atoms. The number of hydrogen-bond acceptors (Lipinski definition) is 3. The minimum absolute atomic E-state index is 0.329. The molecular formula is C15H20ClNOS. The standard InChI is InChI=1S/C15H20ClNOS/c16-14-8-11(12-5-6-17-9-12)3-4-15(14)18-13-2-1-7-19-10-13/h3-4,8,12-13,17H,1-2,5-7,9-10H2. The van der Waals surface area contributed by atoms with E-state index in [4.69, 9.17) is 16.3 Å². The molecular weight excluding hydrogens is 278 g/mol. The average Bonchev–Trinajstić information content (AvgIpc) is 2.96. The molecule has 1 aromatic carbocycles. The number of nitrogens with one attached hydrogen (secondary N) is 1. The fourth-order valence-corrected chi connectivity index (χ4v) is 4.06. The van der Waals surface area contributed by atoms with E-state index >= 15 is 0 Å². The third-order valence-corrected chi connectivity index (χ3v) is 5.38. The maximum atomic E-state index is 6.37. The van der Waals surface area contributed by atoms with Crippen molar-refractivity contribution in [2.75, 3.05) is 24.6 Å². The summed E-state index contributed by atoms with van der Waals surface area (Å²) in [5.41, 5.74) is 1.33. The van der Waals surface area contributed by atoms with Gasteiger partial charge in [0.25, 0.3) is 0 Å². The molecule has 2 nitrogen and oxygen atoms in total. The predicted molar refractivity (Wildman–Crippen MR) is 82.7 cm³/mol. The third kappa shape index (κ3) is 3.39. The smallest absolute Gasteiger partial charge is 0.138 e. The molecule has 1 N–H and O–H groups in total. The molecule has 2 aliphatic rings. The Morgan fingerprint density at radius 2 is 2.26 bits per heavy atom. The summed E-state index contributed by atoms with van der Waals surface area (Å²) in [5.74, 6) is 3.81. The van der Waals surface area contributed by atoms with Crippen molar-refractivity contribution >= 4 is 23.4 Å². The van der Waals surface area contributed by atoms with Crippen molar-refractivity contribution in [2.45, 2.75) is 31.3 Å². The van der Waals surface area contributed by atoms with Gasteiger partial charge in [0.15, 0.2) is 0 Å². The summed E-state index contributed by atoms with van der Waals surface area (Å²) in [6.07, 6.45) is 3.93. The number of rotatable bonds is 3. The zero-order valence-corrected chi connectivity index (χ0v) is 12.6. The highest BCUT2D eigenvalue weighted by molar-refractivity contribution is 7.99. The van der Waals surface area contributed by atoms with Crippen LogP contribution in [0.15, 0.2) is 18.2 Å². The van der Waals surface area contributed by atoms with E-state index in [0.717, 1.165) is 36.0 Å². The monoisotopic (exact) mass is 297 g/mol. The van der Waals surface area contributed by atoms with Crippen molar-refractivity contribution in [1.29, 1.82) is 0 Å². The molecule has 4 heteroatoms. The molecule has 0 saturated carbocycles. The van der Waals surface area contributed by atoms with Gasteiger partial charge >= 0.3 is 0 Å². The fourth-order valence-electron chi connectivity index (χ4n) is 2.79. The van der Waals surface area contributed by atoms with E-state index in [0.29, 0.717) is 12.0 Å². The highest BCUT2D eigenvalue weighted by Gasteiger charge is 2.19. The lowest BCUT2D eigenvalue weighted by Crippen LogP contribution is -2.23. The fraction of sp³-hybridized carbons (Fsp3) is 0.600. The largest absolute Gasteiger partial charge is 0.488 e. The molecule has 0 bridgehead atoms. The van der Waals surface area contributed by atoms with Crippen molar-refractivity contribution in [3.63, 3.8) is 0 Å². The van der Waals surface area contributed by atoms with Crippen LogP contribution in [0.4, 0.5) is 0 Å². The Morgan fingerprint density at radius 1 is 1.32 bits per heavy atom. The summed E-state index contributed by atoms with van der Waals surface area (Å²) in [6.45, 7) is 2.18. The SMILES string of the molecule is Clc1cc(C2CCNC2)ccc1OC1CCCSC1. The average molecular weight is 298 g/mol. The summed E-state index contributed by atoms with van der Waals surface area (Å²) < 4.78 is 6.04. The van der Waals surface area contributed by atoms with Crippen LogP contribution in [0, 0.1) is 0 Å². The predicted octanol–water partition coefficient (Wildman–Crippen LogP) is 3.69. The molecule has 2 unspecified atom stereocenters. The lowest BCUT2D eigenvalue weighted by molar-refractivity contribution is 0.211. The van der Waals surface area contributed by atoms with Gasteiger partial charge in [0.1, 0.15) is 11.9 Å². The van der Waals surface area contributed by atoms with Gasteiger partial charge in [0.2, 0.25) is 0 Å². The van der Waals surface area contributed by atoms with Crippen LogP contribution in [-0.2, 0) is 0 Å². The molecule has 2 saturated heterocycles. The van der Waals surface area contributed by atoms with Gasteiger partial charge in [0, 0.05) is 12.3 Å². The van der Waals surface area contributed by atoms with Crippen LogP contribution in [0.25, 0.3) is 0 Å². The van der Waals surface area contributed by atoms with Crippen LogP contribution in [0.2, 0.25) is 5.02 Å². The van der Waals surface area contributed by atoms with E-state index in [1.165, 1.54) is 24.2 Å². The first-order valence-corrected chi connectivity index (χ1v) is 8.61. The Bertz CT molecular complexity index is 428. The molecule has 1 aromatic rings. The maximum absolute atomic E-state index is 6.37. The van der Waals surface area contributed by atoms with Crippen LogP contribution in [0.3, 0.4) is 0 Å². The number of thioether (sulfide) groups is 1. The van der Waals surface area contributed by atoms with Gasteiger partial charge in [-0.15, -0.1) is 0 Å². The first-order chi connectivity index (χ1) is 9.33. The van der Waals surface area contributed by atoms with E-state index in [2.05, 4.69) is 23.5 Å². The van der Waals surface area contributed by atoms with Crippen LogP contribution < -0.4 is 10.1 Å². The van der Waals surface area contributed by atoms with Crippen LogP contribution in [0.5, 0.6) is 5.75 Å². The van der Waals surface area contributed by atoms with E-state index in [-0.39, 0.29) is 0 Å². The Hall–Kier alpha value is -0.380. The Balaban J connectivity index is 1.68. The second-order valence-corrected chi connectivity index (χ2v) is 6.89. The molecule has 0 radical (unpaired) electrons. The first kappa shape index (κ1) is 13.6. The summed E-state index contributed by atoms with van der Waals surface area (Å²) in [4.78, 5) is 0. The number of hydrogen-bond donors (Lipinski definition) is 1. The van der Waals surface area contributed by atoms with Crippen molar-refractivity contribution in [2.24, 2.45) is 0 Å². The molecule has 2 aliphatic heterocycles. The zero-order chi connectivity index (χ0) is 13.1. The first-order valence-electron chi connectivity index (χ1n) is 7.07. The lowest BCUT2D eigenvalue weighted by atomic mass is 9.98. The highest BCUT2D eigenvalue weighted by atomic mass is 35.5. The molecule has 2 heterocycles. The number of halogens is 1. The van der Waals surface area contributed by atoms with Crippen LogP contribution in [0.1, 0.15) is 30.7 Å². The van der Waals surface area contributed by atoms with Crippen LogP contribution >= 0.6 is 23.4 Å². The Kier molecular flexibility index (Phi) is 4.57. The van der Waals surface area contributed by atoms with Crippen molar-refractivity contribution in [1.82, 2.24) is 5.32 Å². The molecule has 2 atom stereocenters. The maximum Gasteiger partial charge on any atom is 0.138 e. The van der Waals surface area contributed by atoms with E-state index in [9.17, 15) is 0 Å². The molecule has 0 aromatic heterocycles. The van der Waals surface area contributed by atoms with E-state index in [1.807, 2.05) is 11.8 Å². The van der Waals surface area contributed by atoms with Gasteiger partial charge in [-0.25, -0.2) is 0 Å². The molecule has 0 amide bonds. The normalized spacial score (nSPS) is 27.4. The molecule has 0 spiro atoms. The summed E-state index contributed by atoms with van der Waals surface area (Å²) in [7, 11) is 0. The molecule has 104 valence electrons. The second-order valence-electron chi connectivity index (χ2n) is 5.34. The van der Waals surface area contributed by atoms with Gasteiger partial charge in [-0.3, -0.25) is 0 Å². The molecule has 3 rings (SSSR count). The van der Waals surface area contributed by atoms with E-state index in [1.54, 1.807) is 0 Å². The number of ether oxygens (including phenoxy) is 1. The summed E-state index contributed by atoms with van der Waals surface area (Å²) in [5, 5.41) is 4.16. The minimum atomic E-state index is 0.329. The van der Waals surface area contributed by atoms with Gasteiger partial charge in [-0.05, 0) is 55.2 Å². The molecule has 2 fully saturated rings. The van der Waals surface area contributed by atoms with Crippen molar-refractivity contribution in [3.8, 4) is 5.75 Å². The van der Waals surface area contributed by atoms with Gasteiger partial charge in [0.05, 0.1) is 5.02 Å². The summed E-state index contributed by atoms with van der Waals surface area (Å²) >= 11 is 8.35. The number of benzene rings is 1. The topological polar surface area (TPSA) is 21.3 Å². The minimum Gasteiger partial charge on any atom is -0.488 e.